The van der Waals surface area contributed by atoms with E-state index in [9.17, 15) is 10.1 Å². The normalized spacial score (nSPS) is 18.2. The largest absolute Gasteiger partial charge is 0.384 e. The Kier molecular flexibility index (Phi) is 6.34. The van der Waals surface area contributed by atoms with Gasteiger partial charge in [0.15, 0.2) is 0 Å². The van der Waals surface area contributed by atoms with E-state index in [1.54, 1.807) is 19.4 Å². The second kappa shape index (κ2) is 9.33. The van der Waals surface area contributed by atoms with E-state index < -0.39 is 0 Å². The van der Waals surface area contributed by atoms with E-state index in [0.29, 0.717) is 55.7 Å². The van der Waals surface area contributed by atoms with Crippen molar-refractivity contribution in [1.29, 1.82) is 10.5 Å². The Labute approximate surface area is 188 Å². The molecule has 8 heteroatoms. The minimum absolute atomic E-state index is 0.0215. The third kappa shape index (κ3) is 4.42. The van der Waals surface area contributed by atoms with Gasteiger partial charge in [-0.3, -0.25) is 4.79 Å². The number of hydrogen-bond donors (Lipinski definition) is 0. The average Bonchev–Trinajstić information content (AvgIpc) is 3.67. The molecule has 1 aliphatic carbocycles. The van der Waals surface area contributed by atoms with Crippen LogP contribution in [0.15, 0.2) is 24.4 Å². The number of ether oxygens (including phenoxy) is 1. The van der Waals surface area contributed by atoms with E-state index in [4.69, 9.17) is 15.0 Å². The number of nitrogens with zero attached hydrogens (tertiary/aromatic N) is 6. The quantitative estimate of drug-likeness (QED) is 0.694. The van der Waals surface area contributed by atoms with Crippen molar-refractivity contribution in [3.8, 4) is 23.3 Å². The van der Waals surface area contributed by atoms with Gasteiger partial charge in [0, 0.05) is 56.0 Å². The van der Waals surface area contributed by atoms with E-state index in [0.717, 1.165) is 29.7 Å². The van der Waals surface area contributed by atoms with Crippen molar-refractivity contribution < 1.29 is 9.53 Å². The van der Waals surface area contributed by atoms with Gasteiger partial charge in [-0.1, -0.05) is 0 Å². The summed E-state index contributed by atoms with van der Waals surface area (Å²) in [7, 11) is 1.60. The molecule has 4 rings (SSSR count). The lowest BCUT2D eigenvalue weighted by Gasteiger charge is -2.41. The van der Waals surface area contributed by atoms with Gasteiger partial charge in [-0.05, 0) is 38.0 Å². The van der Waals surface area contributed by atoms with Gasteiger partial charge in [0.25, 0.3) is 0 Å². The zero-order valence-corrected chi connectivity index (χ0v) is 18.4. The molecule has 0 bridgehead atoms. The molecule has 1 atom stereocenters. The van der Waals surface area contributed by atoms with Gasteiger partial charge >= 0.3 is 0 Å². The smallest absolute Gasteiger partial charge is 0.225 e. The summed E-state index contributed by atoms with van der Waals surface area (Å²) >= 11 is 0. The zero-order chi connectivity index (χ0) is 22.7. The first-order chi connectivity index (χ1) is 15.5. The van der Waals surface area contributed by atoms with Crippen LogP contribution in [-0.2, 0) is 9.53 Å². The molecule has 8 nitrogen and oxygen atoms in total. The molecule has 2 aliphatic rings. The maximum Gasteiger partial charge on any atom is 0.225 e. The molecular formula is C24H26N6O2. The van der Waals surface area contributed by atoms with Crippen molar-refractivity contribution in [3.63, 3.8) is 0 Å². The monoisotopic (exact) mass is 430 g/mol. The van der Waals surface area contributed by atoms with Crippen LogP contribution in [0.2, 0.25) is 0 Å². The summed E-state index contributed by atoms with van der Waals surface area (Å²) in [4.78, 5) is 25.7. The van der Waals surface area contributed by atoms with Crippen LogP contribution in [0.5, 0.6) is 0 Å². The van der Waals surface area contributed by atoms with Crippen LogP contribution >= 0.6 is 0 Å². The van der Waals surface area contributed by atoms with Gasteiger partial charge in [0.2, 0.25) is 5.91 Å². The minimum atomic E-state index is 0.0215. The highest BCUT2D eigenvalue weighted by Gasteiger charge is 2.33. The van der Waals surface area contributed by atoms with Gasteiger partial charge in [-0.2, -0.15) is 10.5 Å². The highest BCUT2D eigenvalue weighted by atomic mass is 16.5. The van der Waals surface area contributed by atoms with E-state index >= 15 is 0 Å². The summed E-state index contributed by atoms with van der Waals surface area (Å²) in [6.07, 6.45) is 4.21. The number of piperazine rings is 1. The Bertz CT molecular complexity index is 1080. The van der Waals surface area contributed by atoms with Crippen LogP contribution in [0.25, 0.3) is 11.1 Å². The van der Waals surface area contributed by atoms with E-state index in [2.05, 4.69) is 16.0 Å². The summed E-state index contributed by atoms with van der Waals surface area (Å²) < 4.78 is 5.04. The Morgan fingerprint density at radius 3 is 2.66 bits per heavy atom. The number of carbonyl (C=O) groups is 1. The van der Waals surface area contributed by atoms with Crippen molar-refractivity contribution in [2.45, 2.75) is 38.1 Å². The lowest BCUT2D eigenvalue weighted by Crippen LogP contribution is -2.54. The van der Waals surface area contributed by atoms with E-state index in [-0.39, 0.29) is 11.9 Å². The third-order valence-corrected chi connectivity index (χ3v) is 6.07. The molecule has 2 aromatic rings. The first-order valence-corrected chi connectivity index (χ1v) is 10.9. The van der Waals surface area contributed by atoms with Gasteiger partial charge in [-0.15, -0.1) is 0 Å². The zero-order valence-electron chi connectivity index (χ0n) is 18.4. The Balaban J connectivity index is 1.62. The number of anilines is 1. The molecule has 1 amide bonds. The fourth-order valence-electron chi connectivity index (χ4n) is 4.21. The lowest BCUT2D eigenvalue weighted by molar-refractivity contribution is -0.134. The summed E-state index contributed by atoms with van der Waals surface area (Å²) in [6, 6.07) is 9.83. The number of aromatic nitrogens is 2. The number of rotatable bonds is 6. The second-order valence-corrected chi connectivity index (χ2v) is 8.35. The number of nitriles is 2. The van der Waals surface area contributed by atoms with Crippen LogP contribution in [0.4, 0.5) is 5.82 Å². The van der Waals surface area contributed by atoms with Gasteiger partial charge in [0.05, 0.1) is 24.3 Å². The molecule has 32 heavy (non-hydrogen) atoms. The first-order valence-electron chi connectivity index (χ1n) is 10.9. The molecular weight excluding hydrogens is 404 g/mol. The molecule has 0 N–H and O–H groups in total. The molecule has 164 valence electrons. The molecule has 0 spiro atoms. The van der Waals surface area contributed by atoms with Gasteiger partial charge in [0.1, 0.15) is 23.7 Å². The maximum atomic E-state index is 12.5. The highest BCUT2D eigenvalue weighted by molar-refractivity contribution is 5.77. The number of hydrogen-bond acceptors (Lipinski definition) is 7. The molecule has 2 fully saturated rings. The van der Waals surface area contributed by atoms with Crippen molar-refractivity contribution in [2.75, 3.05) is 38.3 Å². The standard InChI is InChI=1S/C24H26N6O2/c1-16-15-29(8-9-30(16)22(31)7-10-32-2)24-19(12-25)11-21(23(28-24)17-3-4-17)18-5-6-20(13-26)27-14-18/h5-6,11,14,16-17H,3-4,7-10,15H2,1-2H3/t16-/m1/s1. The number of pyridine rings is 2. The van der Waals surface area contributed by atoms with E-state index in [1.165, 1.54) is 0 Å². The van der Waals surface area contributed by atoms with Crippen molar-refractivity contribution in [3.05, 3.63) is 41.3 Å². The number of amides is 1. The molecule has 1 aliphatic heterocycles. The summed E-state index contributed by atoms with van der Waals surface area (Å²) in [5.41, 5.74) is 3.63. The SMILES string of the molecule is COCCC(=O)N1CCN(c2nc(C3CC3)c(-c3ccc(C#N)nc3)cc2C#N)C[C@H]1C. The summed E-state index contributed by atoms with van der Waals surface area (Å²) in [5, 5.41) is 18.9. The van der Waals surface area contributed by atoms with Crippen LogP contribution in [0.1, 0.15) is 49.1 Å². The van der Waals surface area contributed by atoms with Gasteiger partial charge < -0.3 is 14.5 Å². The molecule has 1 saturated heterocycles. The maximum absolute atomic E-state index is 12.5. The molecule has 1 saturated carbocycles. The van der Waals surface area contributed by atoms with Crippen LogP contribution in [0.3, 0.4) is 0 Å². The minimum Gasteiger partial charge on any atom is -0.384 e. The third-order valence-electron chi connectivity index (χ3n) is 6.07. The fraction of sp³-hybridized carbons (Fsp3) is 0.458. The Morgan fingerprint density at radius 2 is 2.06 bits per heavy atom. The summed E-state index contributed by atoms with van der Waals surface area (Å²) in [6.45, 7) is 4.30. The molecule has 2 aromatic heterocycles. The predicted octanol–water partition coefficient (Wildman–Crippen LogP) is 2.84. The second-order valence-electron chi connectivity index (χ2n) is 8.35. The number of methoxy groups -OCH3 is 1. The Hall–Kier alpha value is -3.49. The topological polar surface area (TPSA) is 106 Å². The van der Waals surface area contributed by atoms with Crippen molar-refractivity contribution in [2.24, 2.45) is 0 Å². The predicted molar refractivity (Wildman–Crippen MR) is 119 cm³/mol. The molecule has 0 aromatic carbocycles. The van der Waals surface area contributed by atoms with Crippen molar-refractivity contribution >= 4 is 11.7 Å². The molecule has 3 heterocycles. The fourth-order valence-corrected chi connectivity index (χ4v) is 4.21. The lowest BCUT2D eigenvalue weighted by atomic mass is 10.00. The average molecular weight is 431 g/mol. The first kappa shape index (κ1) is 21.7. The van der Waals surface area contributed by atoms with Crippen LogP contribution < -0.4 is 4.90 Å². The van der Waals surface area contributed by atoms with Crippen LogP contribution in [0, 0.1) is 22.7 Å². The molecule has 0 radical (unpaired) electrons. The molecule has 0 unspecified atom stereocenters. The van der Waals surface area contributed by atoms with Crippen LogP contribution in [-0.4, -0.2) is 60.2 Å². The number of carbonyl (C=O) groups excluding carboxylic acids is 1. The van der Waals surface area contributed by atoms with E-state index in [1.807, 2.05) is 30.0 Å². The summed E-state index contributed by atoms with van der Waals surface area (Å²) in [5.74, 6) is 1.16. The van der Waals surface area contributed by atoms with Gasteiger partial charge in [-0.25, -0.2) is 9.97 Å². The van der Waals surface area contributed by atoms with Crippen molar-refractivity contribution in [1.82, 2.24) is 14.9 Å². The highest BCUT2D eigenvalue weighted by Crippen LogP contribution is 2.45. The Morgan fingerprint density at radius 1 is 1.25 bits per heavy atom.